The number of hydrogen-bond acceptors (Lipinski definition) is 0. The molecule has 0 nitrogen and oxygen atoms in total. The maximum absolute atomic E-state index is 0. The van der Waals surface area contributed by atoms with Crippen molar-refractivity contribution in [2.75, 3.05) is 0 Å². The van der Waals surface area contributed by atoms with E-state index in [1.165, 1.54) is 0 Å². The van der Waals surface area contributed by atoms with Crippen molar-refractivity contribution in [3.8, 4) is 0 Å². The van der Waals surface area contributed by atoms with Gasteiger partial charge in [0.2, 0.25) is 0 Å². The second kappa shape index (κ2) is 22.7. The van der Waals surface area contributed by atoms with Crippen LogP contribution in [0.3, 0.4) is 0 Å². The third-order valence-electron chi connectivity index (χ3n) is 0. The van der Waals surface area contributed by atoms with Gasteiger partial charge in [-0.2, -0.15) is 0 Å². The van der Waals surface area contributed by atoms with Crippen LogP contribution < -0.4 is 0 Å². The van der Waals surface area contributed by atoms with Gasteiger partial charge in [-0.1, -0.05) is 0 Å². The summed E-state index contributed by atoms with van der Waals surface area (Å²) in [4.78, 5) is 0. The Bertz CT molecular complexity index is 0. The fourth-order valence-corrected chi connectivity index (χ4v) is 0. The Kier molecular flexibility index (Phi) is 133. The van der Waals surface area contributed by atoms with Gasteiger partial charge in [-0.15, -0.1) is 0 Å². The standard InChI is InChI=1S/5Eu. The first-order chi connectivity index (χ1) is 0. The summed E-state index contributed by atoms with van der Waals surface area (Å²) in [5.74, 6) is 0. The molecule has 35 valence electrons. The van der Waals surface area contributed by atoms with Crippen molar-refractivity contribution in [2.45, 2.75) is 0 Å². The van der Waals surface area contributed by atoms with Crippen molar-refractivity contribution in [2.24, 2.45) is 0 Å². The zero-order valence-corrected chi connectivity index (χ0v) is 14.0. The molecule has 5 heteroatoms. The van der Waals surface area contributed by atoms with Crippen LogP contribution in [0.25, 0.3) is 0 Å². The molecule has 0 fully saturated rings. The first-order valence-corrected chi connectivity index (χ1v) is 0. The van der Waals surface area contributed by atoms with Gasteiger partial charge >= 0.3 is 0 Å². The molecule has 0 atom stereocenters. The van der Waals surface area contributed by atoms with Crippen molar-refractivity contribution in [3.63, 3.8) is 0 Å². The summed E-state index contributed by atoms with van der Waals surface area (Å²) >= 11 is 0. The predicted octanol–water partition coefficient (Wildman–Crippen LogP) is 0. The molecule has 0 rings (SSSR count). The molecule has 0 heterocycles. The van der Waals surface area contributed by atoms with Gasteiger partial charge in [0, 0.05) is 247 Å². The molecule has 5 heavy (non-hydrogen) atoms. The van der Waals surface area contributed by atoms with Crippen LogP contribution in [0.15, 0.2) is 0 Å². The van der Waals surface area contributed by atoms with E-state index in [0.717, 1.165) is 0 Å². The largest absolute Gasteiger partial charge is 0 e. The van der Waals surface area contributed by atoms with Gasteiger partial charge in [-0.25, -0.2) is 0 Å². The first-order valence-electron chi connectivity index (χ1n) is 0. The molecule has 0 aliphatic rings. The van der Waals surface area contributed by atoms with Crippen LogP contribution in [0.5, 0.6) is 0 Å². The topological polar surface area (TPSA) is 0 Å². The average molecular weight is 760 g/mol. The third-order valence-corrected chi connectivity index (χ3v) is 0. The minimum Gasteiger partial charge on any atom is 0 e. The number of rotatable bonds is 0. The molecule has 0 aromatic carbocycles. The van der Waals surface area contributed by atoms with Crippen LogP contribution in [-0.2, 0) is 0 Å². The summed E-state index contributed by atoms with van der Waals surface area (Å²) in [5, 5.41) is 0. The van der Waals surface area contributed by atoms with E-state index in [1.807, 2.05) is 0 Å². The Labute approximate surface area is 237 Å². The van der Waals surface area contributed by atoms with Gasteiger partial charge in [0.25, 0.3) is 0 Å². The first kappa shape index (κ1) is 29.3. The molecular formula is Eu5. The summed E-state index contributed by atoms with van der Waals surface area (Å²) < 4.78 is 0. The molecule has 0 aliphatic carbocycles. The fourth-order valence-electron chi connectivity index (χ4n) is 0. The third kappa shape index (κ3) is 18.7. The van der Waals surface area contributed by atoms with Gasteiger partial charge in [-0.3, -0.25) is 0 Å². The maximum Gasteiger partial charge on any atom is 0 e. The van der Waals surface area contributed by atoms with Crippen LogP contribution >= 0.6 is 0 Å². The Morgan fingerprint density at radius 2 is 0.200 bits per heavy atom. The van der Waals surface area contributed by atoms with Crippen molar-refractivity contribution in [1.82, 2.24) is 0 Å². The van der Waals surface area contributed by atoms with E-state index in [9.17, 15) is 0 Å². The molecular weight excluding hydrogens is 760 g/mol. The molecule has 0 saturated carbocycles. The van der Waals surface area contributed by atoms with E-state index in [4.69, 9.17) is 0 Å². The van der Waals surface area contributed by atoms with E-state index in [1.54, 1.807) is 0 Å². The van der Waals surface area contributed by atoms with Crippen molar-refractivity contribution in [3.05, 3.63) is 0 Å². The Balaban J connectivity index is 0. The molecule has 0 aromatic heterocycles. The minimum absolute atomic E-state index is 0. The predicted molar refractivity (Wildman–Crippen MR) is 0 cm³/mol. The van der Waals surface area contributed by atoms with Crippen molar-refractivity contribution in [1.29, 1.82) is 0 Å². The Morgan fingerprint density at radius 3 is 0.200 bits per heavy atom. The quantitative estimate of drug-likeness (QED) is 0.327. The van der Waals surface area contributed by atoms with E-state index in [-0.39, 0.29) is 247 Å². The van der Waals surface area contributed by atoms with Gasteiger partial charge < -0.3 is 0 Å². The van der Waals surface area contributed by atoms with Crippen LogP contribution in [0, 0.1) is 247 Å². The zero-order valence-electron chi connectivity index (χ0n) is 1.89. The zero-order chi connectivity index (χ0) is 0. The molecule has 5 radical (unpaired) electrons. The molecule has 0 saturated heterocycles. The summed E-state index contributed by atoms with van der Waals surface area (Å²) in [5.41, 5.74) is 0. The SMILES string of the molecule is [Eu].[Eu].[Eu].[Eu].[Eu]. The van der Waals surface area contributed by atoms with Crippen molar-refractivity contribution < 1.29 is 247 Å². The number of hydrogen-bond donors (Lipinski definition) is 0. The van der Waals surface area contributed by atoms with Gasteiger partial charge in [-0.05, 0) is 0 Å². The van der Waals surface area contributed by atoms with E-state index >= 15 is 0 Å². The smallest absolute Gasteiger partial charge is 0 e. The maximum atomic E-state index is 0. The summed E-state index contributed by atoms with van der Waals surface area (Å²) in [7, 11) is 0. The fraction of sp³-hybridized carbons (Fsp3) is 0. The van der Waals surface area contributed by atoms with Crippen LogP contribution in [0.2, 0.25) is 0 Å². The Hall–Kier alpha value is 7.92. The second-order valence-corrected chi connectivity index (χ2v) is 0. The molecule has 0 bridgehead atoms. The van der Waals surface area contributed by atoms with Crippen molar-refractivity contribution >= 4 is 0 Å². The minimum atomic E-state index is 0. The summed E-state index contributed by atoms with van der Waals surface area (Å²) in [6, 6.07) is 0. The van der Waals surface area contributed by atoms with Gasteiger partial charge in [0.05, 0.1) is 0 Å². The van der Waals surface area contributed by atoms with Gasteiger partial charge in [0.15, 0.2) is 0 Å². The molecule has 0 unspecified atom stereocenters. The monoisotopic (exact) mass is 765 g/mol. The van der Waals surface area contributed by atoms with Gasteiger partial charge in [0.1, 0.15) is 0 Å². The summed E-state index contributed by atoms with van der Waals surface area (Å²) in [6.45, 7) is 0. The molecule has 0 aromatic rings. The van der Waals surface area contributed by atoms with Crippen LogP contribution in [0.1, 0.15) is 0 Å². The average Bonchev–Trinajstić information content (AvgIpc) is 0. The summed E-state index contributed by atoms with van der Waals surface area (Å²) in [6.07, 6.45) is 0. The van der Waals surface area contributed by atoms with E-state index < -0.39 is 0 Å². The normalized spacial score (nSPS) is 0. The molecule has 0 aliphatic heterocycles. The second-order valence-electron chi connectivity index (χ2n) is 0. The molecule has 0 spiro atoms. The Morgan fingerprint density at radius 1 is 0.200 bits per heavy atom. The molecule has 0 amide bonds. The van der Waals surface area contributed by atoms with E-state index in [0.29, 0.717) is 0 Å². The van der Waals surface area contributed by atoms with Crippen LogP contribution in [0.4, 0.5) is 0 Å². The van der Waals surface area contributed by atoms with Crippen LogP contribution in [-0.4, -0.2) is 0 Å². The van der Waals surface area contributed by atoms with E-state index in [2.05, 4.69) is 0 Å². The molecule has 0 N–H and O–H groups in total.